The third-order valence-corrected chi connectivity index (χ3v) is 7.09. The van der Waals surface area contributed by atoms with Crippen LogP contribution >= 0.6 is 70.4 Å². The first-order valence-corrected chi connectivity index (χ1v) is 11.4. The summed E-state index contributed by atoms with van der Waals surface area (Å²) >= 11 is 12.7. The zero-order valence-electron chi connectivity index (χ0n) is 14.6. The van der Waals surface area contributed by atoms with E-state index in [4.69, 9.17) is 9.47 Å². The average Bonchev–Trinajstić information content (AvgIpc) is 2.97. The van der Waals surface area contributed by atoms with Crippen LogP contribution in [0.2, 0.25) is 0 Å². The minimum Gasteiger partial charge on any atom is -0.487 e. The number of cyclic esters (lactones) is 1. The molecule has 1 heterocycles. The number of benzene rings is 2. The van der Waals surface area contributed by atoms with Gasteiger partial charge in [-0.25, -0.2) is 9.79 Å². The molecule has 0 bridgehead atoms. The topological polar surface area (TPSA) is 47.9 Å². The lowest BCUT2D eigenvalue weighted by Crippen LogP contribution is -2.05. The van der Waals surface area contributed by atoms with Gasteiger partial charge in [-0.2, -0.15) is 0 Å². The van der Waals surface area contributed by atoms with Crippen LogP contribution in [0.4, 0.5) is 0 Å². The molecule has 0 spiro atoms. The number of hydrogen-bond donors (Lipinski definition) is 0. The Balaban J connectivity index is 1.90. The number of ether oxygens (including phenoxy) is 2. The van der Waals surface area contributed by atoms with E-state index in [9.17, 15) is 4.79 Å². The summed E-state index contributed by atoms with van der Waals surface area (Å²) < 4.78 is 14.6. The number of halogens is 4. The molecular weight excluding hydrogens is 669 g/mol. The van der Waals surface area contributed by atoms with Gasteiger partial charge in [-0.1, -0.05) is 6.58 Å². The first-order valence-electron chi connectivity index (χ1n) is 7.99. The van der Waals surface area contributed by atoms with E-state index in [1.165, 1.54) is 0 Å². The molecule has 0 aliphatic carbocycles. The molecule has 1 aliphatic heterocycles. The summed E-state index contributed by atoms with van der Waals surface area (Å²) in [7, 11) is 0. The van der Waals surface area contributed by atoms with Crippen molar-refractivity contribution >= 4 is 88.3 Å². The van der Waals surface area contributed by atoms with E-state index in [2.05, 4.69) is 82.0 Å². The van der Waals surface area contributed by atoms with Crippen molar-refractivity contribution < 1.29 is 14.3 Å². The highest BCUT2D eigenvalue weighted by Crippen LogP contribution is 2.36. The van der Waals surface area contributed by atoms with Gasteiger partial charge in [0, 0.05) is 13.6 Å². The Morgan fingerprint density at radius 3 is 2.50 bits per heavy atom. The van der Waals surface area contributed by atoms with Gasteiger partial charge in [-0.15, -0.1) is 0 Å². The Morgan fingerprint density at radius 1 is 1.21 bits per heavy atom. The molecule has 0 aromatic heterocycles. The van der Waals surface area contributed by atoms with Gasteiger partial charge in [-0.3, -0.25) is 0 Å². The Kier molecular flexibility index (Phi) is 7.17. The Morgan fingerprint density at radius 2 is 1.89 bits per heavy atom. The fraction of sp³-hybridized carbons (Fsp3) is 0.100. The average molecular weight is 682 g/mol. The largest absolute Gasteiger partial charge is 0.487 e. The second kappa shape index (κ2) is 9.23. The number of nitrogens with zero attached hydrogens (tertiary/aromatic N) is 1. The van der Waals surface area contributed by atoms with E-state index in [0.29, 0.717) is 12.4 Å². The van der Waals surface area contributed by atoms with Crippen molar-refractivity contribution in [1.29, 1.82) is 0 Å². The zero-order valence-corrected chi connectivity index (χ0v) is 21.5. The van der Waals surface area contributed by atoms with Gasteiger partial charge < -0.3 is 9.47 Å². The normalized spacial score (nSPS) is 14.8. The van der Waals surface area contributed by atoms with Gasteiger partial charge >= 0.3 is 5.97 Å². The number of carbonyl (C=O) groups excluding carboxylic acids is 1. The predicted molar refractivity (Wildman–Crippen MR) is 130 cm³/mol. The summed E-state index contributed by atoms with van der Waals surface area (Å²) in [6.07, 6.45) is 1.68. The number of carbonyl (C=O) groups is 1. The molecule has 0 N–H and O–H groups in total. The van der Waals surface area contributed by atoms with Crippen molar-refractivity contribution in [2.24, 2.45) is 4.99 Å². The molecule has 1 aliphatic rings. The summed E-state index contributed by atoms with van der Waals surface area (Å²) in [6.45, 7) is 6.15. The van der Waals surface area contributed by atoms with E-state index >= 15 is 0 Å². The number of aliphatic imine (C=N–C) groups is 1. The van der Waals surface area contributed by atoms with Crippen LogP contribution in [-0.4, -0.2) is 18.5 Å². The van der Waals surface area contributed by atoms with Crippen molar-refractivity contribution in [1.82, 2.24) is 0 Å². The molecule has 0 unspecified atom stereocenters. The van der Waals surface area contributed by atoms with Crippen LogP contribution in [-0.2, 0) is 9.53 Å². The molecule has 0 saturated carbocycles. The summed E-state index contributed by atoms with van der Waals surface area (Å²) in [6, 6.07) is 9.37. The van der Waals surface area contributed by atoms with E-state index in [-0.39, 0.29) is 11.6 Å². The van der Waals surface area contributed by atoms with Gasteiger partial charge in [0.15, 0.2) is 5.70 Å². The highest BCUT2D eigenvalue weighted by Gasteiger charge is 2.24. The standard InChI is InChI=1S/C20H13Br3INO3/c1-10(2)9-27-18-14(22)5-11(6-15(18)23)7-17-20(26)28-19(25-17)12-3-4-16(24)13(21)8-12/h3-8H,1,9H2,2H3/b17-7-. The van der Waals surface area contributed by atoms with Gasteiger partial charge in [0.05, 0.1) is 8.95 Å². The van der Waals surface area contributed by atoms with Crippen molar-refractivity contribution in [2.45, 2.75) is 6.92 Å². The third kappa shape index (κ3) is 5.14. The quantitative estimate of drug-likeness (QED) is 0.150. The molecular formula is C20H13Br3INO3. The van der Waals surface area contributed by atoms with Crippen LogP contribution in [0.5, 0.6) is 5.75 Å². The number of hydrogen-bond acceptors (Lipinski definition) is 4. The summed E-state index contributed by atoms with van der Waals surface area (Å²) in [4.78, 5) is 16.6. The second-order valence-electron chi connectivity index (χ2n) is 6.02. The maximum Gasteiger partial charge on any atom is 0.363 e. The maximum atomic E-state index is 12.3. The molecule has 144 valence electrons. The van der Waals surface area contributed by atoms with E-state index < -0.39 is 5.97 Å². The van der Waals surface area contributed by atoms with Crippen molar-refractivity contribution in [3.63, 3.8) is 0 Å². The molecule has 0 amide bonds. The molecule has 4 nitrogen and oxygen atoms in total. The van der Waals surface area contributed by atoms with Crippen LogP contribution in [0.1, 0.15) is 18.1 Å². The SMILES string of the molecule is C=C(C)COc1c(Br)cc(/C=C2\N=C(c3ccc(I)c(Br)c3)OC2=O)cc1Br. The lowest BCUT2D eigenvalue weighted by molar-refractivity contribution is -0.129. The number of esters is 1. The minimum atomic E-state index is -0.487. The first-order chi connectivity index (χ1) is 13.2. The summed E-state index contributed by atoms with van der Waals surface area (Å²) in [5, 5.41) is 0. The molecule has 8 heteroatoms. The number of rotatable bonds is 5. The smallest absolute Gasteiger partial charge is 0.363 e. The van der Waals surface area contributed by atoms with Gasteiger partial charge in [0.2, 0.25) is 5.90 Å². The molecule has 0 radical (unpaired) electrons. The predicted octanol–water partition coefficient (Wildman–Crippen LogP) is 6.88. The lowest BCUT2D eigenvalue weighted by Gasteiger charge is -2.11. The van der Waals surface area contributed by atoms with Crippen molar-refractivity contribution in [2.75, 3.05) is 6.61 Å². The molecule has 0 fully saturated rings. The molecule has 0 atom stereocenters. The highest BCUT2D eigenvalue weighted by atomic mass is 127. The van der Waals surface area contributed by atoms with Gasteiger partial charge in [0.25, 0.3) is 0 Å². The van der Waals surface area contributed by atoms with Crippen LogP contribution in [0.15, 0.2) is 66.6 Å². The minimum absolute atomic E-state index is 0.235. The Labute approximate surface area is 201 Å². The van der Waals surface area contributed by atoms with Crippen LogP contribution in [0, 0.1) is 3.57 Å². The zero-order chi connectivity index (χ0) is 20.4. The molecule has 2 aromatic carbocycles. The molecule has 28 heavy (non-hydrogen) atoms. The van der Waals surface area contributed by atoms with E-state index in [1.54, 1.807) is 6.08 Å². The second-order valence-corrected chi connectivity index (χ2v) is 9.75. The summed E-state index contributed by atoms with van der Waals surface area (Å²) in [5.74, 6) is 0.472. The fourth-order valence-electron chi connectivity index (χ4n) is 2.32. The van der Waals surface area contributed by atoms with Gasteiger partial charge in [-0.05, 0) is 125 Å². The molecule has 3 rings (SSSR count). The van der Waals surface area contributed by atoms with Crippen LogP contribution < -0.4 is 4.74 Å². The first kappa shape index (κ1) is 21.7. The maximum absolute atomic E-state index is 12.3. The molecule has 0 saturated heterocycles. The highest BCUT2D eigenvalue weighted by molar-refractivity contribution is 14.1. The van der Waals surface area contributed by atoms with Gasteiger partial charge in [0.1, 0.15) is 12.4 Å². The van der Waals surface area contributed by atoms with E-state index in [0.717, 1.165) is 33.7 Å². The Hall–Kier alpha value is -0.970. The van der Waals surface area contributed by atoms with Crippen LogP contribution in [0.25, 0.3) is 6.08 Å². The van der Waals surface area contributed by atoms with Crippen LogP contribution in [0.3, 0.4) is 0 Å². The molecule has 2 aromatic rings. The lowest BCUT2D eigenvalue weighted by atomic mass is 10.2. The monoisotopic (exact) mass is 679 g/mol. The fourth-order valence-corrected chi connectivity index (χ4v) is 4.48. The Bertz CT molecular complexity index is 1020. The summed E-state index contributed by atoms with van der Waals surface area (Å²) in [5.41, 5.74) is 2.67. The third-order valence-electron chi connectivity index (χ3n) is 3.57. The van der Waals surface area contributed by atoms with Crippen molar-refractivity contribution in [3.8, 4) is 5.75 Å². The van der Waals surface area contributed by atoms with E-state index in [1.807, 2.05) is 37.3 Å². The van der Waals surface area contributed by atoms with Crippen molar-refractivity contribution in [3.05, 3.63) is 76.3 Å².